The summed E-state index contributed by atoms with van der Waals surface area (Å²) >= 11 is 0. The highest BCUT2D eigenvalue weighted by Gasteiger charge is 2.38. The van der Waals surface area contributed by atoms with Gasteiger partial charge in [-0.15, -0.1) is 0 Å². The molecule has 0 unspecified atom stereocenters. The van der Waals surface area contributed by atoms with Crippen molar-refractivity contribution in [1.29, 1.82) is 5.26 Å². The number of nitrogens with one attached hydrogen (secondary N) is 1. The third-order valence-corrected chi connectivity index (χ3v) is 4.79. The molecule has 2 fully saturated rings. The lowest BCUT2D eigenvalue weighted by atomic mass is 9.86. The van der Waals surface area contributed by atoms with Gasteiger partial charge in [-0.05, 0) is 50.4 Å². The molecule has 0 radical (unpaired) electrons. The van der Waals surface area contributed by atoms with Gasteiger partial charge in [0.25, 0.3) is 0 Å². The van der Waals surface area contributed by atoms with Crippen LogP contribution in [0.4, 0.5) is 4.79 Å². The van der Waals surface area contributed by atoms with Crippen LogP contribution in [0.15, 0.2) is 0 Å². The Bertz CT molecular complexity index is 363. The molecule has 4 atom stereocenters. The Balaban J connectivity index is 1.63. The number of hydrogen-bond acceptors (Lipinski definition) is 2. The minimum Gasteiger partial charge on any atom is -0.338 e. The topological polar surface area (TPSA) is 56.1 Å². The number of hydrogen-bond donors (Lipinski definition) is 1. The Morgan fingerprint density at radius 3 is 2.84 bits per heavy atom. The van der Waals surface area contributed by atoms with E-state index in [1.807, 2.05) is 6.92 Å². The van der Waals surface area contributed by atoms with Gasteiger partial charge in [-0.1, -0.05) is 6.42 Å². The quantitative estimate of drug-likeness (QED) is 0.829. The highest BCUT2D eigenvalue weighted by Crippen LogP contribution is 2.49. The van der Waals surface area contributed by atoms with Gasteiger partial charge in [0, 0.05) is 20.1 Å². The van der Waals surface area contributed by atoms with Crippen LogP contribution in [0.5, 0.6) is 0 Å². The molecule has 0 aliphatic heterocycles. The molecule has 2 aliphatic rings. The largest absolute Gasteiger partial charge is 0.338 e. The maximum absolute atomic E-state index is 11.8. The van der Waals surface area contributed by atoms with E-state index in [0.29, 0.717) is 6.54 Å². The summed E-state index contributed by atoms with van der Waals surface area (Å²) in [5.41, 5.74) is 0. The molecule has 19 heavy (non-hydrogen) atoms. The van der Waals surface area contributed by atoms with Crippen LogP contribution in [0.3, 0.4) is 0 Å². The van der Waals surface area contributed by atoms with E-state index < -0.39 is 0 Å². The van der Waals surface area contributed by atoms with Crippen molar-refractivity contribution in [2.45, 2.75) is 39.0 Å². The summed E-state index contributed by atoms with van der Waals surface area (Å²) in [4.78, 5) is 13.4. The molecule has 2 bridgehead atoms. The summed E-state index contributed by atoms with van der Waals surface area (Å²) in [5.74, 6) is 2.63. The van der Waals surface area contributed by atoms with Crippen molar-refractivity contribution in [2.24, 2.45) is 23.7 Å². The Morgan fingerprint density at radius 2 is 2.26 bits per heavy atom. The minimum absolute atomic E-state index is 0.0507. The van der Waals surface area contributed by atoms with E-state index in [0.717, 1.165) is 30.7 Å². The fraction of sp³-hybridized carbons (Fsp3) is 0.867. The molecule has 0 aromatic rings. The zero-order valence-corrected chi connectivity index (χ0v) is 12.1. The van der Waals surface area contributed by atoms with Crippen LogP contribution in [0.1, 0.15) is 39.0 Å². The summed E-state index contributed by atoms with van der Waals surface area (Å²) in [5, 5.41) is 11.7. The van der Waals surface area contributed by atoms with Gasteiger partial charge in [0.05, 0.1) is 12.0 Å². The minimum atomic E-state index is -0.110. The number of carbonyl (C=O) groups is 1. The van der Waals surface area contributed by atoms with Crippen LogP contribution >= 0.6 is 0 Å². The Morgan fingerprint density at radius 1 is 1.47 bits per heavy atom. The number of amides is 2. The molecule has 0 aromatic carbocycles. The molecule has 2 amide bonds. The van der Waals surface area contributed by atoms with Crippen LogP contribution in [0.2, 0.25) is 0 Å². The van der Waals surface area contributed by atoms with Gasteiger partial charge >= 0.3 is 6.03 Å². The van der Waals surface area contributed by atoms with Crippen molar-refractivity contribution in [3.05, 3.63) is 0 Å². The molecule has 4 heteroatoms. The highest BCUT2D eigenvalue weighted by atomic mass is 16.2. The lowest BCUT2D eigenvalue weighted by molar-refractivity contribution is 0.203. The average molecular weight is 263 g/mol. The lowest BCUT2D eigenvalue weighted by Crippen LogP contribution is -2.40. The van der Waals surface area contributed by atoms with Crippen LogP contribution in [-0.2, 0) is 0 Å². The third kappa shape index (κ3) is 3.62. The van der Waals surface area contributed by atoms with Crippen molar-refractivity contribution in [3.8, 4) is 6.07 Å². The van der Waals surface area contributed by atoms with Crippen LogP contribution in [0, 0.1) is 35.0 Å². The Hall–Kier alpha value is -1.24. The molecule has 4 nitrogen and oxygen atoms in total. The fourth-order valence-electron chi connectivity index (χ4n) is 3.76. The number of nitrogens with zero attached hydrogens (tertiary/aromatic N) is 2. The summed E-state index contributed by atoms with van der Waals surface area (Å²) < 4.78 is 0. The second-order valence-corrected chi connectivity index (χ2v) is 6.37. The molecule has 2 saturated carbocycles. The number of carbonyl (C=O) groups excluding carboxylic acids is 1. The molecular weight excluding hydrogens is 238 g/mol. The van der Waals surface area contributed by atoms with E-state index in [-0.39, 0.29) is 11.9 Å². The predicted octanol–water partition coefficient (Wildman–Crippen LogP) is 2.61. The third-order valence-electron chi connectivity index (χ3n) is 4.79. The van der Waals surface area contributed by atoms with Gasteiger partial charge in [0.1, 0.15) is 0 Å². The number of nitriles is 1. The molecule has 2 aliphatic carbocycles. The van der Waals surface area contributed by atoms with E-state index in [4.69, 9.17) is 5.26 Å². The normalized spacial score (nSPS) is 29.8. The van der Waals surface area contributed by atoms with Gasteiger partial charge in [0.15, 0.2) is 0 Å². The van der Waals surface area contributed by atoms with E-state index >= 15 is 0 Å². The van der Waals surface area contributed by atoms with Crippen molar-refractivity contribution < 1.29 is 4.79 Å². The first kappa shape index (κ1) is 14.2. The molecule has 2 rings (SSSR count). The standard InChI is InChI=1S/C15H25N3O/c1-11(9-16)10-18(2)15(19)17-6-5-14-8-12-3-4-13(14)7-12/h11-14H,3-8,10H2,1-2H3,(H,17,19)/t11-,12+,13+,14-/m1/s1. The first-order valence-corrected chi connectivity index (χ1v) is 7.48. The Labute approximate surface area is 116 Å². The van der Waals surface area contributed by atoms with Crippen LogP contribution in [0.25, 0.3) is 0 Å². The highest BCUT2D eigenvalue weighted by molar-refractivity contribution is 5.73. The van der Waals surface area contributed by atoms with E-state index in [2.05, 4.69) is 11.4 Å². The van der Waals surface area contributed by atoms with Crippen molar-refractivity contribution >= 4 is 6.03 Å². The predicted molar refractivity (Wildman–Crippen MR) is 74.4 cm³/mol. The van der Waals surface area contributed by atoms with Gasteiger partial charge in [-0.2, -0.15) is 5.26 Å². The second kappa shape index (κ2) is 6.27. The molecular formula is C15H25N3O. The lowest BCUT2D eigenvalue weighted by Gasteiger charge is -2.23. The molecule has 0 saturated heterocycles. The number of urea groups is 1. The molecule has 0 spiro atoms. The summed E-state index contributed by atoms with van der Waals surface area (Å²) in [6.45, 7) is 3.10. The van der Waals surface area contributed by atoms with Crippen molar-refractivity contribution in [1.82, 2.24) is 10.2 Å². The first-order valence-electron chi connectivity index (χ1n) is 7.48. The van der Waals surface area contributed by atoms with E-state index in [9.17, 15) is 4.79 Å². The van der Waals surface area contributed by atoms with Gasteiger partial charge in [0.2, 0.25) is 0 Å². The Kier molecular flexibility index (Phi) is 4.68. The molecule has 106 valence electrons. The van der Waals surface area contributed by atoms with Crippen molar-refractivity contribution in [3.63, 3.8) is 0 Å². The molecule has 0 aromatic heterocycles. The zero-order valence-electron chi connectivity index (χ0n) is 12.1. The van der Waals surface area contributed by atoms with Crippen molar-refractivity contribution in [2.75, 3.05) is 20.1 Å². The molecule has 0 heterocycles. The van der Waals surface area contributed by atoms with E-state index in [1.165, 1.54) is 25.7 Å². The number of fused-ring (bicyclic) bond motifs is 2. The summed E-state index contributed by atoms with van der Waals surface area (Å²) in [6, 6.07) is 2.10. The van der Waals surface area contributed by atoms with Crippen LogP contribution in [-0.4, -0.2) is 31.1 Å². The maximum Gasteiger partial charge on any atom is 0.317 e. The second-order valence-electron chi connectivity index (χ2n) is 6.37. The monoisotopic (exact) mass is 263 g/mol. The average Bonchev–Trinajstić information content (AvgIpc) is 3.00. The smallest absolute Gasteiger partial charge is 0.317 e. The SMILES string of the molecule is C[C@H](C#N)CN(C)C(=O)NCC[C@@H]1C[C@H]2CC[C@H]1C2. The van der Waals surface area contributed by atoms with E-state index in [1.54, 1.807) is 11.9 Å². The molecule has 1 N–H and O–H groups in total. The summed E-state index contributed by atoms with van der Waals surface area (Å²) in [6.07, 6.45) is 6.76. The van der Waals surface area contributed by atoms with Crippen LogP contribution < -0.4 is 5.32 Å². The maximum atomic E-state index is 11.8. The summed E-state index contributed by atoms with van der Waals surface area (Å²) in [7, 11) is 1.75. The van der Waals surface area contributed by atoms with Gasteiger partial charge in [-0.3, -0.25) is 0 Å². The van der Waals surface area contributed by atoms with Gasteiger partial charge in [-0.25, -0.2) is 4.79 Å². The zero-order chi connectivity index (χ0) is 13.8. The fourth-order valence-corrected chi connectivity index (χ4v) is 3.76. The first-order chi connectivity index (χ1) is 9.10. The number of rotatable bonds is 5. The van der Waals surface area contributed by atoms with Gasteiger partial charge < -0.3 is 10.2 Å².